The molecule has 5 heteroatoms. The third-order valence-electron chi connectivity index (χ3n) is 4.57. The molecular formula is C19H19BrFNO2. The standard InChI is InChI=1S/C19H19BrFNO2/c20-15-7-8-17(16(21)11-15)24-12-18(23)22-13-19(9-4-10-19)14-5-2-1-3-6-14/h1-3,5-8,11H,4,9-10,12-13H2,(H,22,23). The third kappa shape index (κ3) is 3.78. The van der Waals surface area contributed by atoms with Gasteiger partial charge in [0.25, 0.3) is 5.91 Å². The maximum Gasteiger partial charge on any atom is 0.257 e. The smallest absolute Gasteiger partial charge is 0.257 e. The van der Waals surface area contributed by atoms with Gasteiger partial charge in [-0.25, -0.2) is 4.39 Å². The Bertz CT molecular complexity index is 717. The number of carbonyl (C=O) groups is 1. The first-order valence-corrected chi connectivity index (χ1v) is 8.78. The Hall–Kier alpha value is -1.88. The first-order valence-electron chi connectivity index (χ1n) is 7.99. The van der Waals surface area contributed by atoms with Gasteiger partial charge in [-0.3, -0.25) is 4.79 Å². The van der Waals surface area contributed by atoms with E-state index in [1.54, 1.807) is 6.07 Å². The number of nitrogens with one attached hydrogen (secondary N) is 1. The van der Waals surface area contributed by atoms with E-state index in [1.165, 1.54) is 24.1 Å². The van der Waals surface area contributed by atoms with E-state index in [1.807, 2.05) is 18.2 Å². The molecule has 126 valence electrons. The van der Waals surface area contributed by atoms with Crippen LogP contribution in [0, 0.1) is 5.82 Å². The number of benzene rings is 2. The Morgan fingerprint density at radius 2 is 1.96 bits per heavy atom. The summed E-state index contributed by atoms with van der Waals surface area (Å²) in [7, 11) is 0. The van der Waals surface area contributed by atoms with Gasteiger partial charge in [-0.05, 0) is 36.6 Å². The van der Waals surface area contributed by atoms with Crippen LogP contribution in [0.1, 0.15) is 24.8 Å². The molecule has 1 aliphatic rings. The quantitative estimate of drug-likeness (QED) is 0.800. The summed E-state index contributed by atoms with van der Waals surface area (Å²) in [6.07, 6.45) is 3.31. The number of hydrogen-bond donors (Lipinski definition) is 1. The number of halogens is 2. The Morgan fingerprint density at radius 1 is 1.21 bits per heavy atom. The predicted octanol–water partition coefficient (Wildman–Crippen LogP) is 4.21. The second-order valence-electron chi connectivity index (χ2n) is 6.14. The van der Waals surface area contributed by atoms with E-state index in [0.29, 0.717) is 11.0 Å². The molecule has 0 radical (unpaired) electrons. The van der Waals surface area contributed by atoms with Gasteiger partial charge in [-0.15, -0.1) is 0 Å². The average molecular weight is 392 g/mol. The fraction of sp³-hybridized carbons (Fsp3) is 0.316. The van der Waals surface area contributed by atoms with Crippen molar-refractivity contribution >= 4 is 21.8 Å². The molecule has 0 atom stereocenters. The molecule has 1 fully saturated rings. The summed E-state index contributed by atoms with van der Waals surface area (Å²) in [4.78, 5) is 12.0. The molecule has 0 unspecified atom stereocenters. The van der Waals surface area contributed by atoms with Crippen LogP contribution < -0.4 is 10.1 Å². The molecule has 1 amide bonds. The molecule has 1 saturated carbocycles. The first kappa shape index (κ1) is 17.0. The van der Waals surface area contributed by atoms with Crippen LogP contribution in [0.2, 0.25) is 0 Å². The van der Waals surface area contributed by atoms with E-state index in [4.69, 9.17) is 4.74 Å². The highest BCUT2D eigenvalue weighted by atomic mass is 79.9. The summed E-state index contributed by atoms with van der Waals surface area (Å²) in [6.45, 7) is 0.394. The van der Waals surface area contributed by atoms with Crippen LogP contribution >= 0.6 is 15.9 Å². The fourth-order valence-corrected chi connectivity index (χ4v) is 3.35. The molecule has 0 heterocycles. The number of rotatable bonds is 6. The van der Waals surface area contributed by atoms with Crippen LogP contribution in [0.3, 0.4) is 0 Å². The third-order valence-corrected chi connectivity index (χ3v) is 5.07. The molecule has 0 saturated heterocycles. The summed E-state index contributed by atoms with van der Waals surface area (Å²) < 4.78 is 19.6. The van der Waals surface area contributed by atoms with Gasteiger partial charge in [-0.1, -0.05) is 52.7 Å². The lowest BCUT2D eigenvalue weighted by atomic mass is 9.64. The number of amides is 1. The summed E-state index contributed by atoms with van der Waals surface area (Å²) in [5.74, 6) is -0.647. The lowest BCUT2D eigenvalue weighted by Gasteiger charge is -2.42. The highest BCUT2D eigenvalue weighted by molar-refractivity contribution is 9.10. The molecule has 0 aliphatic heterocycles. The van der Waals surface area contributed by atoms with Crippen LogP contribution in [0.5, 0.6) is 5.75 Å². The molecule has 1 N–H and O–H groups in total. The zero-order valence-electron chi connectivity index (χ0n) is 13.2. The van der Waals surface area contributed by atoms with Crippen LogP contribution in [0.25, 0.3) is 0 Å². The summed E-state index contributed by atoms with van der Waals surface area (Å²) in [5, 5.41) is 2.93. The van der Waals surface area contributed by atoms with Crippen molar-refractivity contribution in [2.75, 3.05) is 13.2 Å². The normalized spacial score (nSPS) is 15.4. The monoisotopic (exact) mass is 391 g/mol. The van der Waals surface area contributed by atoms with Gasteiger partial charge in [0.05, 0.1) is 0 Å². The molecule has 0 aromatic heterocycles. The zero-order chi connectivity index (χ0) is 17.0. The largest absolute Gasteiger partial charge is 0.481 e. The Labute approximate surface area is 149 Å². The highest BCUT2D eigenvalue weighted by Crippen LogP contribution is 2.43. The summed E-state index contributed by atoms with van der Waals surface area (Å²) in [5.41, 5.74) is 1.29. The minimum absolute atomic E-state index is 0.0276. The molecular weight excluding hydrogens is 373 g/mol. The maximum absolute atomic E-state index is 13.7. The van der Waals surface area contributed by atoms with Crippen molar-refractivity contribution in [2.24, 2.45) is 0 Å². The molecule has 0 bridgehead atoms. The van der Waals surface area contributed by atoms with Crippen LogP contribution in [-0.4, -0.2) is 19.1 Å². The second kappa shape index (κ2) is 7.34. The van der Waals surface area contributed by atoms with E-state index < -0.39 is 5.82 Å². The molecule has 0 spiro atoms. The summed E-state index contributed by atoms with van der Waals surface area (Å²) >= 11 is 3.18. The van der Waals surface area contributed by atoms with Gasteiger partial charge in [0.2, 0.25) is 0 Å². The first-order chi connectivity index (χ1) is 11.6. The van der Waals surface area contributed by atoms with E-state index >= 15 is 0 Å². The van der Waals surface area contributed by atoms with Gasteiger partial charge in [-0.2, -0.15) is 0 Å². The van der Waals surface area contributed by atoms with Crippen LogP contribution in [0.15, 0.2) is 53.0 Å². The number of carbonyl (C=O) groups excluding carboxylic acids is 1. The molecule has 2 aromatic carbocycles. The van der Waals surface area contributed by atoms with Crippen molar-refractivity contribution in [3.8, 4) is 5.75 Å². The average Bonchev–Trinajstić information content (AvgIpc) is 2.54. The Morgan fingerprint density at radius 3 is 2.58 bits per heavy atom. The van der Waals surface area contributed by atoms with Crippen LogP contribution in [-0.2, 0) is 10.2 Å². The highest BCUT2D eigenvalue weighted by Gasteiger charge is 2.38. The second-order valence-corrected chi connectivity index (χ2v) is 7.06. The van der Waals surface area contributed by atoms with Gasteiger partial charge in [0.1, 0.15) is 0 Å². The predicted molar refractivity (Wildman–Crippen MR) is 94.6 cm³/mol. The lowest BCUT2D eigenvalue weighted by molar-refractivity contribution is -0.123. The van der Waals surface area contributed by atoms with Crippen molar-refractivity contribution in [3.63, 3.8) is 0 Å². The van der Waals surface area contributed by atoms with Gasteiger partial charge < -0.3 is 10.1 Å². The van der Waals surface area contributed by atoms with Gasteiger partial charge >= 0.3 is 0 Å². The van der Waals surface area contributed by atoms with E-state index in [9.17, 15) is 9.18 Å². The van der Waals surface area contributed by atoms with E-state index in [-0.39, 0.29) is 23.7 Å². The Balaban J connectivity index is 1.54. The van der Waals surface area contributed by atoms with Crippen molar-refractivity contribution in [2.45, 2.75) is 24.7 Å². The van der Waals surface area contributed by atoms with Crippen molar-refractivity contribution in [1.29, 1.82) is 0 Å². The number of hydrogen-bond acceptors (Lipinski definition) is 2. The van der Waals surface area contributed by atoms with E-state index in [2.05, 4.69) is 33.4 Å². The molecule has 3 rings (SSSR count). The van der Waals surface area contributed by atoms with E-state index in [0.717, 1.165) is 12.8 Å². The van der Waals surface area contributed by atoms with Crippen molar-refractivity contribution in [1.82, 2.24) is 5.32 Å². The maximum atomic E-state index is 13.7. The molecule has 24 heavy (non-hydrogen) atoms. The zero-order valence-corrected chi connectivity index (χ0v) is 14.8. The minimum atomic E-state index is -0.489. The molecule has 1 aliphatic carbocycles. The van der Waals surface area contributed by atoms with Crippen molar-refractivity contribution in [3.05, 3.63) is 64.4 Å². The lowest BCUT2D eigenvalue weighted by Crippen LogP contribution is -2.46. The number of ether oxygens (including phenoxy) is 1. The van der Waals surface area contributed by atoms with Gasteiger partial charge in [0.15, 0.2) is 18.2 Å². The molecule has 2 aromatic rings. The van der Waals surface area contributed by atoms with Crippen LogP contribution in [0.4, 0.5) is 4.39 Å². The fourth-order valence-electron chi connectivity index (χ4n) is 3.02. The molecule has 3 nitrogen and oxygen atoms in total. The SMILES string of the molecule is O=C(COc1ccc(Br)cc1F)NCC1(c2ccccc2)CCC1. The topological polar surface area (TPSA) is 38.3 Å². The summed E-state index contributed by atoms with van der Waals surface area (Å²) in [6, 6.07) is 14.8. The van der Waals surface area contributed by atoms with Crippen molar-refractivity contribution < 1.29 is 13.9 Å². The Kier molecular flexibility index (Phi) is 5.19. The minimum Gasteiger partial charge on any atom is -0.481 e. The van der Waals surface area contributed by atoms with Gasteiger partial charge in [0, 0.05) is 16.4 Å².